The van der Waals surface area contributed by atoms with Crippen LogP contribution in [0.5, 0.6) is 5.75 Å². The second-order valence-corrected chi connectivity index (χ2v) is 4.03. The highest BCUT2D eigenvalue weighted by Crippen LogP contribution is 2.32. The van der Waals surface area contributed by atoms with Crippen LogP contribution in [0.25, 0.3) is 5.57 Å². The average Bonchev–Trinajstić information content (AvgIpc) is 2.52. The molecule has 1 aromatic rings. The van der Waals surface area contributed by atoms with E-state index in [1.54, 1.807) is 13.2 Å². The smallest absolute Gasteiger partial charge is 0.119 e. The first-order chi connectivity index (χ1) is 7.85. The summed E-state index contributed by atoms with van der Waals surface area (Å²) in [7, 11) is 1.67. The monoisotopic (exact) mass is 213 g/mol. The normalized spacial score (nSPS) is 17.4. The number of hydrogen-bond donors (Lipinski definition) is 0. The zero-order valence-electron chi connectivity index (χ0n) is 9.49. The summed E-state index contributed by atoms with van der Waals surface area (Å²) in [5.41, 5.74) is 3.67. The van der Waals surface area contributed by atoms with Crippen molar-refractivity contribution in [1.29, 1.82) is 5.26 Å². The number of benzene rings is 1. The molecular formula is C14H15NO. The minimum Gasteiger partial charge on any atom is -0.497 e. The predicted octanol–water partition coefficient (Wildman–Crippen LogP) is 3.33. The van der Waals surface area contributed by atoms with Gasteiger partial charge < -0.3 is 4.74 Å². The lowest BCUT2D eigenvalue weighted by molar-refractivity contribution is 0.414. The largest absolute Gasteiger partial charge is 0.497 e. The summed E-state index contributed by atoms with van der Waals surface area (Å²) in [4.78, 5) is 0. The van der Waals surface area contributed by atoms with E-state index in [2.05, 4.69) is 12.1 Å². The summed E-state index contributed by atoms with van der Waals surface area (Å²) >= 11 is 0. The summed E-state index contributed by atoms with van der Waals surface area (Å²) in [6, 6.07) is 8.30. The van der Waals surface area contributed by atoms with Crippen molar-refractivity contribution in [3.8, 4) is 11.8 Å². The Morgan fingerprint density at radius 2 is 2.12 bits per heavy atom. The number of ether oxygens (including phenoxy) is 1. The number of hydrogen-bond acceptors (Lipinski definition) is 2. The topological polar surface area (TPSA) is 33.0 Å². The van der Waals surface area contributed by atoms with Crippen molar-refractivity contribution in [1.82, 2.24) is 0 Å². The van der Waals surface area contributed by atoms with Crippen LogP contribution in [0.15, 0.2) is 24.3 Å². The van der Waals surface area contributed by atoms with Gasteiger partial charge in [-0.2, -0.15) is 5.26 Å². The molecular weight excluding hydrogens is 198 g/mol. The highest BCUT2D eigenvalue weighted by molar-refractivity contribution is 5.71. The molecule has 0 radical (unpaired) electrons. The third kappa shape index (κ3) is 2.09. The number of aryl methyl sites for hydroxylation is 1. The highest BCUT2D eigenvalue weighted by Gasteiger charge is 2.13. The second-order valence-electron chi connectivity index (χ2n) is 4.03. The average molecular weight is 213 g/mol. The Labute approximate surface area is 96.2 Å². The van der Waals surface area contributed by atoms with Crippen LogP contribution in [0.2, 0.25) is 0 Å². The fraction of sp³-hybridized carbons (Fsp3) is 0.357. The summed E-state index contributed by atoms with van der Waals surface area (Å²) in [6.07, 6.45) is 6.12. The molecule has 0 amide bonds. The quantitative estimate of drug-likeness (QED) is 0.529. The molecule has 1 aliphatic carbocycles. The van der Waals surface area contributed by atoms with Gasteiger partial charge in [0.15, 0.2) is 0 Å². The maximum atomic E-state index is 8.80. The molecule has 0 fully saturated rings. The standard InChI is InChI=1S/C14H15NO/c1-16-13-7-6-11-4-2-3-5-12(8-9-15)14(11)10-13/h6-8,10H,2-5H2,1H3/b12-8+. The van der Waals surface area contributed by atoms with Gasteiger partial charge >= 0.3 is 0 Å². The maximum Gasteiger partial charge on any atom is 0.119 e. The number of allylic oxidation sites excluding steroid dienone is 2. The van der Waals surface area contributed by atoms with E-state index in [-0.39, 0.29) is 0 Å². The lowest BCUT2D eigenvalue weighted by Crippen LogP contribution is -1.92. The molecule has 0 aliphatic heterocycles. The van der Waals surface area contributed by atoms with Crippen molar-refractivity contribution >= 4 is 5.57 Å². The van der Waals surface area contributed by atoms with Crippen LogP contribution in [0, 0.1) is 11.3 Å². The molecule has 0 N–H and O–H groups in total. The molecule has 0 aromatic heterocycles. The van der Waals surface area contributed by atoms with Gasteiger partial charge in [0.2, 0.25) is 0 Å². The number of nitrogens with zero attached hydrogens (tertiary/aromatic N) is 1. The lowest BCUT2D eigenvalue weighted by Gasteiger charge is -2.09. The van der Waals surface area contributed by atoms with E-state index in [0.29, 0.717) is 0 Å². The van der Waals surface area contributed by atoms with Crippen molar-refractivity contribution < 1.29 is 4.74 Å². The third-order valence-electron chi connectivity index (χ3n) is 3.04. The first-order valence-electron chi connectivity index (χ1n) is 5.61. The molecule has 1 aromatic carbocycles. The number of rotatable bonds is 1. The fourth-order valence-electron chi connectivity index (χ4n) is 2.19. The molecule has 0 unspecified atom stereocenters. The van der Waals surface area contributed by atoms with Crippen molar-refractivity contribution in [2.45, 2.75) is 25.7 Å². The molecule has 0 saturated heterocycles. The molecule has 2 nitrogen and oxygen atoms in total. The van der Waals surface area contributed by atoms with E-state index in [9.17, 15) is 0 Å². The SMILES string of the molecule is COc1ccc2c(c1)/C(=C/C#N)CCCC2. The predicted molar refractivity (Wildman–Crippen MR) is 64.1 cm³/mol. The van der Waals surface area contributed by atoms with Crippen molar-refractivity contribution in [2.24, 2.45) is 0 Å². The third-order valence-corrected chi connectivity index (χ3v) is 3.04. The minimum atomic E-state index is 0.865. The molecule has 82 valence electrons. The van der Waals surface area contributed by atoms with Gasteiger partial charge in [0, 0.05) is 6.08 Å². The molecule has 0 bridgehead atoms. The summed E-state index contributed by atoms with van der Waals surface area (Å²) in [5.74, 6) is 0.865. The van der Waals surface area contributed by atoms with Crippen LogP contribution in [0.3, 0.4) is 0 Å². The van der Waals surface area contributed by atoms with E-state index >= 15 is 0 Å². The number of fused-ring (bicyclic) bond motifs is 1. The Morgan fingerprint density at radius 3 is 2.88 bits per heavy atom. The van der Waals surface area contributed by atoms with E-state index in [4.69, 9.17) is 10.00 Å². The molecule has 0 spiro atoms. The molecule has 1 aliphatic rings. The molecule has 0 heterocycles. The van der Waals surface area contributed by atoms with Gasteiger partial charge in [0.1, 0.15) is 5.75 Å². The number of nitriles is 1. The highest BCUT2D eigenvalue weighted by atomic mass is 16.5. The zero-order valence-corrected chi connectivity index (χ0v) is 9.49. The summed E-state index contributed by atoms with van der Waals surface area (Å²) in [6.45, 7) is 0. The summed E-state index contributed by atoms with van der Waals surface area (Å²) < 4.78 is 5.24. The van der Waals surface area contributed by atoms with E-state index in [1.807, 2.05) is 12.1 Å². The van der Waals surface area contributed by atoms with Crippen molar-refractivity contribution in [3.05, 3.63) is 35.4 Å². The van der Waals surface area contributed by atoms with E-state index < -0.39 is 0 Å². The Kier molecular flexibility index (Phi) is 3.26. The van der Waals surface area contributed by atoms with Crippen LogP contribution >= 0.6 is 0 Å². The van der Waals surface area contributed by atoms with Crippen LogP contribution in [0.1, 0.15) is 30.4 Å². The van der Waals surface area contributed by atoms with E-state index in [0.717, 1.165) is 30.6 Å². The van der Waals surface area contributed by atoms with Crippen LogP contribution in [0.4, 0.5) is 0 Å². The van der Waals surface area contributed by atoms with Gasteiger partial charge in [-0.15, -0.1) is 0 Å². The Morgan fingerprint density at radius 1 is 1.31 bits per heavy atom. The van der Waals surface area contributed by atoms with Crippen molar-refractivity contribution in [2.75, 3.05) is 7.11 Å². The van der Waals surface area contributed by atoms with Crippen LogP contribution in [-0.2, 0) is 6.42 Å². The van der Waals surface area contributed by atoms with Crippen molar-refractivity contribution in [3.63, 3.8) is 0 Å². The fourth-order valence-corrected chi connectivity index (χ4v) is 2.19. The molecule has 0 atom stereocenters. The lowest BCUT2D eigenvalue weighted by atomic mass is 9.98. The number of methoxy groups -OCH3 is 1. The minimum absolute atomic E-state index is 0.865. The van der Waals surface area contributed by atoms with Gasteiger partial charge in [-0.3, -0.25) is 0 Å². The Bertz CT molecular complexity index is 454. The first-order valence-corrected chi connectivity index (χ1v) is 5.61. The molecule has 16 heavy (non-hydrogen) atoms. The Balaban J connectivity index is 2.50. The van der Waals surface area contributed by atoms with Gasteiger partial charge in [-0.05, 0) is 54.5 Å². The molecule has 2 rings (SSSR count). The first kappa shape index (κ1) is 10.8. The van der Waals surface area contributed by atoms with Crippen LogP contribution in [-0.4, -0.2) is 7.11 Å². The zero-order chi connectivity index (χ0) is 11.4. The van der Waals surface area contributed by atoms with E-state index in [1.165, 1.54) is 17.5 Å². The molecule has 0 saturated carbocycles. The summed E-state index contributed by atoms with van der Waals surface area (Å²) in [5, 5.41) is 8.80. The van der Waals surface area contributed by atoms with Gasteiger partial charge in [0.05, 0.1) is 13.2 Å². The van der Waals surface area contributed by atoms with Gasteiger partial charge in [0.25, 0.3) is 0 Å². The second kappa shape index (κ2) is 4.85. The van der Waals surface area contributed by atoms with Gasteiger partial charge in [-0.25, -0.2) is 0 Å². The van der Waals surface area contributed by atoms with Gasteiger partial charge in [-0.1, -0.05) is 6.07 Å². The van der Waals surface area contributed by atoms with Crippen LogP contribution < -0.4 is 4.74 Å². The Hall–Kier alpha value is -1.75. The molecule has 2 heteroatoms. The maximum absolute atomic E-state index is 8.80.